The average molecular weight is 444 g/mol. The molecule has 1 aliphatic rings. The number of fused-ring (bicyclic) bond motifs is 3. The molecule has 27 heavy (non-hydrogen) atoms. The lowest BCUT2D eigenvalue weighted by Crippen LogP contribution is -2.17. The zero-order valence-corrected chi connectivity index (χ0v) is 17.5. The largest absolute Gasteiger partial charge is 0.448 e. The fourth-order valence-corrected chi connectivity index (χ4v) is 3.51. The maximum absolute atomic E-state index is 6.24. The smallest absolute Gasteiger partial charge is 0.247 e. The van der Waals surface area contributed by atoms with E-state index in [1.807, 2.05) is 38.6 Å². The number of ether oxygens (including phenoxy) is 1. The molecule has 0 radical (unpaired) electrons. The summed E-state index contributed by atoms with van der Waals surface area (Å²) < 4.78 is 7.20. The van der Waals surface area contributed by atoms with Crippen LogP contribution in [-0.4, -0.2) is 35.5 Å². The molecule has 6 nitrogen and oxygen atoms in total. The van der Waals surface area contributed by atoms with Gasteiger partial charge in [-0.15, -0.1) is 10.2 Å². The fourth-order valence-electron chi connectivity index (χ4n) is 2.85. The number of hydrogen-bond acceptors (Lipinski definition) is 7. The van der Waals surface area contributed by atoms with E-state index in [0.717, 1.165) is 27.0 Å². The predicted octanol–water partition coefficient (Wildman–Crippen LogP) is 4.59. The Labute approximate surface area is 170 Å². The second kappa shape index (κ2) is 7.36. The van der Waals surface area contributed by atoms with E-state index in [0.29, 0.717) is 16.7 Å². The van der Waals surface area contributed by atoms with Gasteiger partial charge in [0.1, 0.15) is 0 Å². The van der Waals surface area contributed by atoms with Crippen LogP contribution in [0, 0.1) is 0 Å². The number of rotatable bonds is 3. The van der Waals surface area contributed by atoms with Gasteiger partial charge in [0.15, 0.2) is 11.9 Å². The van der Waals surface area contributed by atoms with E-state index in [-0.39, 0.29) is 6.23 Å². The predicted molar refractivity (Wildman–Crippen MR) is 113 cm³/mol. The molecule has 0 saturated carbocycles. The van der Waals surface area contributed by atoms with Crippen LogP contribution in [-0.2, 0) is 0 Å². The van der Waals surface area contributed by atoms with Gasteiger partial charge in [0.25, 0.3) is 0 Å². The Morgan fingerprint density at radius 1 is 1.11 bits per heavy atom. The molecule has 1 aromatic heterocycles. The van der Waals surface area contributed by atoms with Gasteiger partial charge < -0.3 is 15.0 Å². The third kappa shape index (κ3) is 3.59. The molecule has 1 N–H and O–H groups in total. The molecule has 0 saturated heterocycles. The Bertz CT molecular complexity index is 980. The quantitative estimate of drug-likeness (QED) is 0.593. The van der Waals surface area contributed by atoms with Gasteiger partial charge in [-0.25, -0.2) is 0 Å². The van der Waals surface area contributed by atoms with Crippen LogP contribution in [0.1, 0.15) is 11.8 Å². The molecule has 2 aromatic carbocycles. The number of nitrogens with one attached hydrogen (secondary N) is 1. The van der Waals surface area contributed by atoms with Gasteiger partial charge >= 0.3 is 0 Å². The fraction of sp³-hybridized carbons (Fsp3) is 0.211. The summed E-state index contributed by atoms with van der Waals surface area (Å²) in [5.74, 6) is 0.473. The van der Waals surface area contributed by atoms with Gasteiger partial charge in [0.05, 0.1) is 0 Å². The second-order valence-electron chi connectivity index (χ2n) is 6.27. The molecule has 2 heterocycles. The molecule has 3 aromatic rings. The molecular formula is C19H18BrN5OS. The third-order valence-electron chi connectivity index (χ3n) is 4.28. The molecule has 0 aliphatic carbocycles. The maximum Gasteiger partial charge on any atom is 0.247 e. The van der Waals surface area contributed by atoms with Gasteiger partial charge in [-0.3, -0.25) is 0 Å². The van der Waals surface area contributed by atoms with Gasteiger partial charge in [-0.05, 0) is 36.6 Å². The molecule has 1 atom stereocenters. The number of benzene rings is 2. The van der Waals surface area contributed by atoms with Crippen LogP contribution in [0.15, 0.2) is 52.1 Å². The Hall–Kier alpha value is -2.32. The number of hydrogen-bond donors (Lipinski definition) is 1. The van der Waals surface area contributed by atoms with Crippen LogP contribution >= 0.6 is 27.7 Å². The minimum absolute atomic E-state index is 0.381. The zero-order valence-electron chi connectivity index (χ0n) is 15.1. The monoisotopic (exact) mass is 443 g/mol. The lowest BCUT2D eigenvalue weighted by Gasteiger charge is -2.20. The lowest BCUT2D eigenvalue weighted by molar-refractivity contribution is 0.225. The van der Waals surface area contributed by atoms with Crippen molar-refractivity contribution in [1.82, 2.24) is 15.2 Å². The number of aromatic nitrogens is 3. The van der Waals surface area contributed by atoms with E-state index in [1.54, 1.807) is 0 Å². The zero-order chi connectivity index (χ0) is 19.0. The summed E-state index contributed by atoms with van der Waals surface area (Å²) in [5.41, 5.74) is 4.59. The minimum atomic E-state index is -0.381. The molecule has 0 spiro atoms. The molecule has 0 bridgehead atoms. The van der Waals surface area contributed by atoms with Crippen molar-refractivity contribution in [3.8, 4) is 17.1 Å². The van der Waals surface area contributed by atoms with Crippen molar-refractivity contribution < 1.29 is 4.74 Å². The van der Waals surface area contributed by atoms with Crippen molar-refractivity contribution in [2.24, 2.45) is 0 Å². The molecule has 1 unspecified atom stereocenters. The number of anilines is 2. The van der Waals surface area contributed by atoms with Crippen molar-refractivity contribution in [1.29, 1.82) is 0 Å². The Morgan fingerprint density at radius 2 is 1.89 bits per heavy atom. The summed E-state index contributed by atoms with van der Waals surface area (Å²) in [7, 11) is 4.04. The van der Waals surface area contributed by atoms with Gasteiger partial charge in [0, 0.05) is 41.1 Å². The van der Waals surface area contributed by atoms with Crippen molar-refractivity contribution in [3.63, 3.8) is 0 Å². The van der Waals surface area contributed by atoms with Crippen molar-refractivity contribution >= 4 is 39.1 Å². The van der Waals surface area contributed by atoms with Gasteiger partial charge in [-0.2, -0.15) is 4.98 Å². The standard InChI is InChI=1S/C19H18BrN5OS/c1-25(2)13-7-4-11(5-8-13)17-21-15-9-6-12(20)10-14(15)16-18(26-17)22-19(27-3)24-23-16/h4-10,17,21H,1-3H3. The van der Waals surface area contributed by atoms with Crippen LogP contribution in [0.25, 0.3) is 11.3 Å². The minimum Gasteiger partial charge on any atom is -0.448 e. The Kier molecular flexibility index (Phi) is 4.92. The van der Waals surface area contributed by atoms with Crippen LogP contribution in [0.2, 0.25) is 0 Å². The third-order valence-corrected chi connectivity index (χ3v) is 5.31. The molecule has 138 valence electrons. The summed E-state index contributed by atoms with van der Waals surface area (Å²) in [5, 5.41) is 12.6. The normalized spacial score (nSPS) is 15.0. The van der Waals surface area contributed by atoms with Gasteiger partial charge in [-0.1, -0.05) is 39.8 Å². The van der Waals surface area contributed by atoms with E-state index in [2.05, 4.69) is 65.6 Å². The summed E-state index contributed by atoms with van der Waals surface area (Å²) in [6.07, 6.45) is 1.54. The van der Waals surface area contributed by atoms with Crippen molar-refractivity contribution in [2.75, 3.05) is 30.6 Å². The first-order valence-corrected chi connectivity index (χ1v) is 10.4. The average Bonchev–Trinajstić information content (AvgIpc) is 2.84. The maximum atomic E-state index is 6.24. The van der Waals surface area contributed by atoms with Crippen LogP contribution in [0.5, 0.6) is 5.88 Å². The molecular weight excluding hydrogens is 426 g/mol. The van der Waals surface area contributed by atoms with Crippen LogP contribution in [0.3, 0.4) is 0 Å². The van der Waals surface area contributed by atoms with Crippen LogP contribution < -0.4 is 15.0 Å². The Balaban J connectivity index is 1.81. The van der Waals surface area contributed by atoms with E-state index < -0.39 is 0 Å². The highest BCUT2D eigenvalue weighted by Gasteiger charge is 2.26. The number of nitrogens with zero attached hydrogens (tertiary/aromatic N) is 4. The topological polar surface area (TPSA) is 63.2 Å². The first kappa shape index (κ1) is 18.1. The van der Waals surface area contributed by atoms with E-state index >= 15 is 0 Å². The summed E-state index contributed by atoms with van der Waals surface area (Å²) in [6.45, 7) is 0. The summed E-state index contributed by atoms with van der Waals surface area (Å²) in [4.78, 5) is 6.61. The highest BCUT2D eigenvalue weighted by atomic mass is 79.9. The first-order chi connectivity index (χ1) is 13.0. The van der Waals surface area contributed by atoms with Gasteiger partial charge in [0.2, 0.25) is 11.0 Å². The molecule has 0 amide bonds. The molecule has 4 rings (SSSR count). The first-order valence-electron chi connectivity index (χ1n) is 8.34. The molecule has 0 fully saturated rings. The van der Waals surface area contributed by atoms with Crippen molar-refractivity contribution in [2.45, 2.75) is 11.4 Å². The lowest BCUT2D eigenvalue weighted by atomic mass is 10.1. The highest BCUT2D eigenvalue weighted by Crippen LogP contribution is 2.40. The van der Waals surface area contributed by atoms with E-state index in [4.69, 9.17) is 4.74 Å². The van der Waals surface area contributed by atoms with E-state index in [1.165, 1.54) is 11.8 Å². The van der Waals surface area contributed by atoms with Crippen molar-refractivity contribution in [3.05, 3.63) is 52.5 Å². The second-order valence-corrected chi connectivity index (χ2v) is 7.96. The van der Waals surface area contributed by atoms with E-state index in [9.17, 15) is 0 Å². The van der Waals surface area contributed by atoms with Crippen LogP contribution in [0.4, 0.5) is 11.4 Å². The highest BCUT2D eigenvalue weighted by molar-refractivity contribution is 9.10. The number of thioether (sulfide) groups is 1. The molecule has 8 heteroatoms. The Morgan fingerprint density at radius 3 is 2.59 bits per heavy atom. The number of halogens is 1. The summed E-state index contributed by atoms with van der Waals surface area (Å²) in [6, 6.07) is 14.2. The summed E-state index contributed by atoms with van der Waals surface area (Å²) >= 11 is 4.97. The SMILES string of the molecule is CSc1nnc2c(n1)OC(c1ccc(N(C)C)cc1)Nc1ccc(Br)cc1-2. The molecule has 1 aliphatic heterocycles.